The van der Waals surface area contributed by atoms with Crippen molar-refractivity contribution < 1.29 is 9.22 Å². The van der Waals surface area contributed by atoms with Crippen LogP contribution in [0, 0.1) is 0 Å². The van der Waals surface area contributed by atoms with Gasteiger partial charge >= 0.3 is 0 Å². The van der Waals surface area contributed by atoms with E-state index in [1.165, 1.54) is 11.3 Å². The Labute approximate surface area is 135 Å². The van der Waals surface area contributed by atoms with Crippen molar-refractivity contribution in [2.24, 2.45) is 0 Å². The molecule has 1 aromatic carbocycles. The molecule has 21 heavy (non-hydrogen) atoms. The van der Waals surface area contributed by atoms with Crippen LogP contribution in [0.5, 0.6) is 0 Å². The molecular weight excluding hydrogens is 320 g/mol. The number of aldehydes is 1. The molecule has 0 radical (unpaired) electrons. The van der Waals surface area contributed by atoms with E-state index in [-0.39, 0.29) is 0 Å². The van der Waals surface area contributed by atoms with E-state index in [2.05, 4.69) is 26.6 Å². The quantitative estimate of drug-likeness (QED) is 0.544. The molecule has 0 amide bonds. The third-order valence-corrected chi connectivity index (χ3v) is 5.57. The van der Waals surface area contributed by atoms with Crippen LogP contribution in [-0.4, -0.2) is 14.6 Å². The summed E-state index contributed by atoms with van der Waals surface area (Å²) in [5.41, 5.74) is 0.429. The first kappa shape index (κ1) is 16.4. The maximum atomic E-state index is 11.0. The molecule has 1 aromatic heterocycles. The van der Waals surface area contributed by atoms with Crippen molar-refractivity contribution in [3.63, 3.8) is 0 Å². The standard InChI is InChI=1S/C16H19ClO2SSi/c1-16(19-21(2,3)4,12-6-5-7-13(17)10-12)15-9-8-14(11-18)20-15/h5-11H,1-4H3. The number of halogens is 1. The summed E-state index contributed by atoms with van der Waals surface area (Å²) in [6.07, 6.45) is 0.876. The highest BCUT2D eigenvalue weighted by molar-refractivity contribution is 7.13. The fourth-order valence-corrected chi connectivity index (χ4v) is 4.97. The fraction of sp³-hybridized carbons (Fsp3) is 0.312. The zero-order valence-electron chi connectivity index (χ0n) is 12.6. The lowest BCUT2D eigenvalue weighted by Crippen LogP contribution is -2.39. The molecule has 0 aliphatic heterocycles. The highest BCUT2D eigenvalue weighted by Crippen LogP contribution is 2.40. The van der Waals surface area contributed by atoms with Crippen molar-refractivity contribution in [2.75, 3.05) is 0 Å². The van der Waals surface area contributed by atoms with Crippen LogP contribution in [0.25, 0.3) is 0 Å². The second-order valence-corrected chi connectivity index (χ2v) is 12.1. The van der Waals surface area contributed by atoms with Gasteiger partial charge in [0, 0.05) is 9.90 Å². The predicted molar refractivity (Wildman–Crippen MR) is 92.0 cm³/mol. The Morgan fingerprint density at radius 1 is 1.24 bits per heavy atom. The number of benzene rings is 1. The van der Waals surface area contributed by atoms with E-state index in [9.17, 15) is 4.79 Å². The molecule has 2 nitrogen and oxygen atoms in total. The SMILES string of the molecule is CC(O[Si](C)(C)C)(c1cccc(Cl)c1)c1ccc(C=O)s1. The monoisotopic (exact) mass is 338 g/mol. The van der Waals surface area contributed by atoms with E-state index < -0.39 is 13.9 Å². The van der Waals surface area contributed by atoms with Gasteiger partial charge in [0.05, 0.1) is 4.88 Å². The Bertz CT molecular complexity index is 648. The molecule has 2 aromatic rings. The van der Waals surface area contributed by atoms with Gasteiger partial charge in [-0.25, -0.2) is 0 Å². The van der Waals surface area contributed by atoms with Crippen LogP contribution < -0.4 is 0 Å². The Kier molecular flexibility index (Phi) is 4.73. The normalized spacial score (nSPS) is 14.7. The van der Waals surface area contributed by atoms with Crippen molar-refractivity contribution >= 4 is 37.5 Å². The Balaban J connectivity index is 2.55. The van der Waals surface area contributed by atoms with Gasteiger partial charge in [-0.05, 0) is 56.4 Å². The average molecular weight is 339 g/mol. The zero-order chi connectivity index (χ0) is 15.7. The van der Waals surface area contributed by atoms with Crippen molar-refractivity contribution in [3.8, 4) is 0 Å². The smallest absolute Gasteiger partial charge is 0.185 e. The molecule has 1 unspecified atom stereocenters. The summed E-state index contributed by atoms with van der Waals surface area (Å²) in [5, 5.41) is 0.685. The van der Waals surface area contributed by atoms with Gasteiger partial charge < -0.3 is 4.43 Å². The van der Waals surface area contributed by atoms with E-state index in [1.54, 1.807) is 0 Å². The number of thiophene rings is 1. The second kappa shape index (κ2) is 6.05. The number of rotatable bonds is 5. The summed E-state index contributed by atoms with van der Waals surface area (Å²) in [7, 11) is -1.80. The first-order chi connectivity index (χ1) is 9.74. The molecule has 0 spiro atoms. The van der Waals surface area contributed by atoms with Crippen LogP contribution in [0.1, 0.15) is 27.0 Å². The topological polar surface area (TPSA) is 26.3 Å². The first-order valence-electron chi connectivity index (χ1n) is 6.76. The minimum absolute atomic E-state index is 0.582. The molecule has 0 aliphatic carbocycles. The average Bonchev–Trinajstić information content (AvgIpc) is 2.86. The fourth-order valence-electron chi connectivity index (χ4n) is 2.32. The molecular formula is C16H19ClO2SSi. The number of carbonyl (C=O) groups is 1. The second-order valence-electron chi connectivity index (χ2n) is 6.08. The molecule has 0 N–H and O–H groups in total. The van der Waals surface area contributed by atoms with Crippen LogP contribution in [-0.2, 0) is 10.0 Å². The van der Waals surface area contributed by atoms with Crippen LogP contribution in [0.3, 0.4) is 0 Å². The van der Waals surface area contributed by atoms with E-state index in [0.717, 1.165) is 16.7 Å². The Morgan fingerprint density at radius 2 is 1.95 bits per heavy atom. The van der Waals surface area contributed by atoms with E-state index in [1.807, 2.05) is 36.4 Å². The molecule has 0 aliphatic rings. The van der Waals surface area contributed by atoms with Gasteiger partial charge in [0.1, 0.15) is 5.60 Å². The van der Waals surface area contributed by atoms with Crippen molar-refractivity contribution in [3.05, 3.63) is 56.7 Å². The maximum absolute atomic E-state index is 11.0. The van der Waals surface area contributed by atoms with Gasteiger partial charge in [0.15, 0.2) is 14.6 Å². The minimum Gasteiger partial charge on any atom is -0.404 e. The minimum atomic E-state index is -1.80. The highest BCUT2D eigenvalue weighted by Gasteiger charge is 2.36. The van der Waals surface area contributed by atoms with E-state index in [0.29, 0.717) is 9.90 Å². The Hall–Kier alpha value is -0.943. The maximum Gasteiger partial charge on any atom is 0.185 e. The molecule has 0 saturated carbocycles. The summed E-state index contributed by atoms with van der Waals surface area (Å²) in [5.74, 6) is 0. The molecule has 1 heterocycles. The van der Waals surface area contributed by atoms with Gasteiger partial charge in [-0.2, -0.15) is 0 Å². The lowest BCUT2D eigenvalue weighted by Gasteiger charge is -2.36. The molecule has 2 rings (SSSR count). The van der Waals surface area contributed by atoms with Crippen molar-refractivity contribution in [2.45, 2.75) is 32.2 Å². The summed E-state index contributed by atoms with van der Waals surface area (Å²) < 4.78 is 6.48. The highest BCUT2D eigenvalue weighted by atomic mass is 35.5. The van der Waals surface area contributed by atoms with Crippen LogP contribution in [0.4, 0.5) is 0 Å². The molecule has 0 saturated heterocycles. The van der Waals surface area contributed by atoms with Gasteiger partial charge in [-0.15, -0.1) is 11.3 Å². The van der Waals surface area contributed by atoms with E-state index >= 15 is 0 Å². The van der Waals surface area contributed by atoms with Gasteiger partial charge in [-0.1, -0.05) is 23.7 Å². The van der Waals surface area contributed by atoms with Crippen LogP contribution >= 0.6 is 22.9 Å². The van der Waals surface area contributed by atoms with Gasteiger partial charge in [0.2, 0.25) is 0 Å². The lowest BCUT2D eigenvalue weighted by atomic mass is 9.94. The lowest BCUT2D eigenvalue weighted by molar-refractivity contribution is 0.112. The van der Waals surface area contributed by atoms with Crippen LogP contribution in [0.2, 0.25) is 24.7 Å². The van der Waals surface area contributed by atoms with Crippen molar-refractivity contribution in [1.29, 1.82) is 0 Å². The summed E-state index contributed by atoms with van der Waals surface area (Å²) in [6, 6.07) is 11.5. The molecule has 1 atom stereocenters. The number of carbonyl (C=O) groups excluding carboxylic acids is 1. The third-order valence-electron chi connectivity index (χ3n) is 3.10. The third kappa shape index (κ3) is 3.83. The zero-order valence-corrected chi connectivity index (χ0v) is 15.2. The van der Waals surface area contributed by atoms with Crippen LogP contribution in [0.15, 0.2) is 36.4 Å². The van der Waals surface area contributed by atoms with Gasteiger partial charge in [-0.3, -0.25) is 4.79 Å². The molecule has 5 heteroatoms. The summed E-state index contributed by atoms with van der Waals surface area (Å²) in [6.45, 7) is 8.52. The predicted octanol–water partition coefficient (Wildman–Crippen LogP) is 5.33. The molecule has 112 valence electrons. The molecule has 0 fully saturated rings. The summed E-state index contributed by atoms with van der Waals surface area (Å²) >= 11 is 7.61. The first-order valence-corrected chi connectivity index (χ1v) is 11.4. The number of hydrogen-bond acceptors (Lipinski definition) is 3. The largest absolute Gasteiger partial charge is 0.404 e. The Morgan fingerprint density at radius 3 is 2.48 bits per heavy atom. The van der Waals surface area contributed by atoms with Crippen molar-refractivity contribution in [1.82, 2.24) is 0 Å². The summed E-state index contributed by atoms with van der Waals surface area (Å²) in [4.78, 5) is 12.7. The van der Waals surface area contributed by atoms with Gasteiger partial charge in [0.25, 0.3) is 0 Å². The number of hydrogen-bond donors (Lipinski definition) is 0. The van der Waals surface area contributed by atoms with E-state index in [4.69, 9.17) is 16.0 Å². The molecule has 0 bridgehead atoms.